The van der Waals surface area contributed by atoms with Crippen LogP contribution < -0.4 is 5.73 Å². The van der Waals surface area contributed by atoms with E-state index in [1.807, 2.05) is 39.0 Å². The van der Waals surface area contributed by atoms with Gasteiger partial charge in [0.05, 0.1) is 6.54 Å². The van der Waals surface area contributed by atoms with Gasteiger partial charge in [-0.15, -0.1) is 0 Å². The van der Waals surface area contributed by atoms with Crippen molar-refractivity contribution >= 4 is 11.8 Å². The lowest BCUT2D eigenvalue weighted by Crippen LogP contribution is -2.45. The maximum Gasteiger partial charge on any atom is 0.230 e. The molecule has 1 heterocycles. The number of aryl methyl sites for hydroxylation is 1. The minimum atomic E-state index is -0.219. The van der Waals surface area contributed by atoms with Crippen molar-refractivity contribution < 1.29 is 9.59 Å². The molecule has 1 aliphatic rings. The van der Waals surface area contributed by atoms with Crippen molar-refractivity contribution in [2.75, 3.05) is 0 Å². The number of hydrogen-bond donors (Lipinski definition) is 1. The van der Waals surface area contributed by atoms with Gasteiger partial charge in [-0.3, -0.25) is 14.5 Å². The van der Waals surface area contributed by atoms with Crippen LogP contribution in [0.1, 0.15) is 43.4 Å². The third-order valence-electron chi connectivity index (χ3n) is 3.83. The number of likely N-dealkylation sites (tertiary alicyclic amines) is 1. The Morgan fingerprint density at radius 3 is 2.30 bits per heavy atom. The van der Waals surface area contributed by atoms with Gasteiger partial charge in [0.25, 0.3) is 0 Å². The lowest BCUT2D eigenvalue weighted by Gasteiger charge is -2.35. The summed E-state index contributed by atoms with van der Waals surface area (Å²) in [6.07, 6.45) is 0.858. The van der Waals surface area contributed by atoms with Gasteiger partial charge >= 0.3 is 0 Å². The van der Waals surface area contributed by atoms with Gasteiger partial charge in [0.15, 0.2) is 0 Å². The molecule has 0 bridgehead atoms. The van der Waals surface area contributed by atoms with Gasteiger partial charge in [-0.1, -0.05) is 32.0 Å². The molecule has 2 N–H and O–H groups in total. The zero-order valence-corrected chi connectivity index (χ0v) is 12.4. The monoisotopic (exact) mass is 274 g/mol. The summed E-state index contributed by atoms with van der Waals surface area (Å²) in [4.78, 5) is 25.7. The van der Waals surface area contributed by atoms with E-state index in [1.54, 1.807) is 0 Å². The Bertz CT molecular complexity index is 529. The molecule has 0 radical (unpaired) electrons. The highest BCUT2D eigenvalue weighted by molar-refractivity contribution is 5.98. The molecule has 1 fully saturated rings. The summed E-state index contributed by atoms with van der Waals surface area (Å²) in [5, 5.41) is 0. The van der Waals surface area contributed by atoms with Gasteiger partial charge in [0.2, 0.25) is 11.8 Å². The number of piperidine rings is 1. The van der Waals surface area contributed by atoms with Crippen molar-refractivity contribution in [1.29, 1.82) is 0 Å². The van der Waals surface area contributed by atoms with Gasteiger partial charge in [-0.05, 0) is 29.0 Å². The summed E-state index contributed by atoms with van der Waals surface area (Å²) < 4.78 is 0. The molecule has 108 valence electrons. The average molecular weight is 274 g/mol. The number of hydrogen-bond acceptors (Lipinski definition) is 3. The average Bonchev–Trinajstić information content (AvgIpc) is 2.34. The van der Waals surface area contributed by atoms with E-state index in [2.05, 4.69) is 0 Å². The highest BCUT2D eigenvalue weighted by Crippen LogP contribution is 2.32. The van der Waals surface area contributed by atoms with Crippen LogP contribution >= 0.6 is 0 Å². The molecule has 2 rings (SSSR count). The zero-order valence-electron chi connectivity index (χ0n) is 12.4. The van der Waals surface area contributed by atoms with E-state index >= 15 is 0 Å². The van der Waals surface area contributed by atoms with Crippen LogP contribution in [0.3, 0.4) is 0 Å². The Morgan fingerprint density at radius 2 is 1.80 bits per heavy atom. The van der Waals surface area contributed by atoms with Gasteiger partial charge in [0.1, 0.15) is 0 Å². The molecule has 1 aromatic carbocycles. The smallest absolute Gasteiger partial charge is 0.230 e. The lowest BCUT2D eigenvalue weighted by molar-refractivity contribution is -0.153. The van der Waals surface area contributed by atoms with E-state index in [0.29, 0.717) is 25.9 Å². The van der Waals surface area contributed by atoms with Crippen molar-refractivity contribution in [3.8, 4) is 0 Å². The third kappa shape index (κ3) is 3.07. The van der Waals surface area contributed by atoms with E-state index in [0.717, 1.165) is 16.7 Å². The largest absolute Gasteiger partial charge is 0.326 e. The minimum absolute atomic E-state index is 0.0754. The van der Waals surface area contributed by atoms with Crippen LogP contribution in [-0.2, 0) is 22.7 Å². The number of benzene rings is 1. The molecule has 1 aliphatic heterocycles. The van der Waals surface area contributed by atoms with Crippen molar-refractivity contribution in [2.45, 2.75) is 46.7 Å². The van der Waals surface area contributed by atoms with Crippen LogP contribution in [0.4, 0.5) is 0 Å². The summed E-state index contributed by atoms with van der Waals surface area (Å²) >= 11 is 0. The second kappa shape index (κ2) is 5.37. The predicted octanol–water partition coefficient (Wildman–Crippen LogP) is 2.13. The Hall–Kier alpha value is -1.68. The number of rotatable bonds is 3. The molecule has 0 atom stereocenters. The maximum absolute atomic E-state index is 12.1. The second-order valence-electron chi connectivity index (χ2n) is 6.36. The standard InChI is InChI=1S/C16H22N2O2/c1-11-6-12(9-17)4-5-13(11)10-18-14(19)7-16(2,3)8-15(18)20/h4-6H,7-10,17H2,1-3H3. The van der Waals surface area contributed by atoms with Crippen LogP contribution in [0.25, 0.3) is 0 Å². The molecule has 4 heteroatoms. The molecule has 0 aliphatic carbocycles. The number of nitrogens with zero attached hydrogens (tertiary/aromatic N) is 1. The number of imide groups is 1. The number of nitrogens with two attached hydrogens (primary N) is 1. The molecule has 2 amide bonds. The maximum atomic E-state index is 12.1. The number of amides is 2. The van der Waals surface area contributed by atoms with E-state index < -0.39 is 0 Å². The Kier molecular flexibility index (Phi) is 3.95. The number of carbonyl (C=O) groups is 2. The zero-order chi connectivity index (χ0) is 14.9. The Balaban J connectivity index is 2.18. The summed E-state index contributed by atoms with van der Waals surface area (Å²) in [6, 6.07) is 5.92. The molecule has 0 spiro atoms. The summed E-state index contributed by atoms with van der Waals surface area (Å²) in [5.41, 5.74) is 8.52. The molecule has 1 saturated heterocycles. The van der Waals surface area contributed by atoms with Gasteiger partial charge in [0, 0.05) is 19.4 Å². The van der Waals surface area contributed by atoms with E-state index in [9.17, 15) is 9.59 Å². The van der Waals surface area contributed by atoms with Gasteiger partial charge in [-0.25, -0.2) is 0 Å². The highest BCUT2D eigenvalue weighted by atomic mass is 16.2. The second-order valence-corrected chi connectivity index (χ2v) is 6.36. The van der Waals surface area contributed by atoms with Crippen LogP contribution in [0, 0.1) is 12.3 Å². The summed E-state index contributed by atoms with van der Waals surface area (Å²) in [7, 11) is 0. The fourth-order valence-corrected chi connectivity index (χ4v) is 2.62. The van der Waals surface area contributed by atoms with Crippen molar-refractivity contribution in [3.63, 3.8) is 0 Å². The predicted molar refractivity (Wildman–Crippen MR) is 77.6 cm³/mol. The van der Waals surface area contributed by atoms with E-state index in [-0.39, 0.29) is 17.2 Å². The van der Waals surface area contributed by atoms with Gasteiger partial charge < -0.3 is 5.73 Å². The SMILES string of the molecule is Cc1cc(CN)ccc1CN1C(=O)CC(C)(C)CC1=O. The molecule has 4 nitrogen and oxygen atoms in total. The molecule has 20 heavy (non-hydrogen) atoms. The molecular weight excluding hydrogens is 252 g/mol. The molecule has 0 aromatic heterocycles. The topological polar surface area (TPSA) is 63.4 Å². The first-order valence-electron chi connectivity index (χ1n) is 6.94. The highest BCUT2D eigenvalue weighted by Gasteiger charge is 2.37. The number of carbonyl (C=O) groups excluding carboxylic acids is 2. The minimum Gasteiger partial charge on any atom is -0.326 e. The quantitative estimate of drug-likeness (QED) is 0.859. The van der Waals surface area contributed by atoms with Crippen molar-refractivity contribution in [2.24, 2.45) is 11.1 Å². The first-order chi connectivity index (χ1) is 9.32. The molecule has 0 unspecified atom stereocenters. The van der Waals surface area contributed by atoms with Crippen LogP contribution in [-0.4, -0.2) is 16.7 Å². The van der Waals surface area contributed by atoms with Crippen LogP contribution in [0.5, 0.6) is 0 Å². The van der Waals surface area contributed by atoms with E-state index in [1.165, 1.54) is 4.90 Å². The lowest BCUT2D eigenvalue weighted by atomic mass is 9.81. The van der Waals surface area contributed by atoms with Gasteiger partial charge in [-0.2, -0.15) is 0 Å². The Labute approximate surface area is 119 Å². The Morgan fingerprint density at radius 1 is 1.20 bits per heavy atom. The molecule has 1 aromatic rings. The molecule has 0 saturated carbocycles. The summed E-state index contributed by atoms with van der Waals surface area (Å²) in [6.45, 7) is 6.77. The van der Waals surface area contributed by atoms with E-state index in [4.69, 9.17) is 5.73 Å². The first kappa shape index (κ1) is 14.7. The third-order valence-corrected chi connectivity index (χ3v) is 3.83. The first-order valence-corrected chi connectivity index (χ1v) is 6.94. The van der Waals surface area contributed by atoms with Crippen molar-refractivity contribution in [1.82, 2.24) is 4.90 Å². The van der Waals surface area contributed by atoms with Crippen LogP contribution in [0.2, 0.25) is 0 Å². The van der Waals surface area contributed by atoms with Crippen LogP contribution in [0.15, 0.2) is 18.2 Å². The summed E-state index contributed by atoms with van der Waals surface area (Å²) in [5.74, 6) is -0.151. The molecular formula is C16H22N2O2. The fraction of sp³-hybridized carbons (Fsp3) is 0.500. The fourth-order valence-electron chi connectivity index (χ4n) is 2.62. The van der Waals surface area contributed by atoms with Crippen molar-refractivity contribution in [3.05, 3.63) is 34.9 Å². The normalized spacial score (nSPS) is 18.5.